The Labute approximate surface area is 153 Å². The molecule has 1 aromatic heterocycles. The molecule has 2 N–H and O–H groups in total. The van der Waals surface area contributed by atoms with Crippen LogP contribution in [0.1, 0.15) is 26.5 Å². The van der Waals surface area contributed by atoms with Crippen LogP contribution in [0, 0.1) is 0 Å². The first-order chi connectivity index (χ1) is 12.1. The maximum absolute atomic E-state index is 12.1. The molecule has 0 unspecified atom stereocenters. The summed E-state index contributed by atoms with van der Waals surface area (Å²) in [5, 5.41) is 5.61. The average Bonchev–Trinajstić information content (AvgIpc) is 3.16. The first kappa shape index (κ1) is 17.0. The summed E-state index contributed by atoms with van der Waals surface area (Å²) in [6.07, 6.45) is 1.45. The molecule has 0 atom stereocenters. The van der Waals surface area contributed by atoms with Gasteiger partial charge >= 0.3 is 0 Å². The van der Waals surface area contributed by atoms with Crippen LogP contribution in [0.4, 0.5) is 5.69 Å². The highest BCUT2D eigenvalue weighted by atomic mass is 79.9. The van der Waals surface area contributed by atoms with Gasteiger partial charge in [0.1, 0.15) is 0 Å². The number of furan rings is 1. The zero-order valence-electron chi connectivity index (χ0n) is 13.2. The topological polar surface area (TPSA) is 71.3 Å². The highest BCUT2D eigenvalue weighted by molar-refractivity contribution is 9.10. The van der Waals surface area contributed by atoms with Crippen LogP contribution < -0.4 is 10.6 Å². The first-order valence-electron chi connectivity index (χ1n) is 7.59. The van der Waals surface area contributed by atoms with Gasteiger partial charge in [0.25, 0.3) is 11.8 Å². The van der Waals surface area contributed by atoms with Crippen molar-refractivity contribution in [2.24, 2.45) is 0 Å². The minimum Gasteiger partial charge on any atom is -0.459 e. The standard InChI is InChI=1S/C19H15BrN2O3/c20-15-4-1-3-14(11-15)18(23)21-12-13-6-8-16(9-7-13)22-19(24)17-5-2-10-25-17/h1-11H,12H2,(H,21,23)(H,22,24). The fourth-order valence-electron chi connectivity index (χ4n) is 2.22. The van der Waals surface area contributed by atoms with E-state index in [9.17, 15) is 9.59 Å². The van der Waals surface area contributed by atoms with Crippen LogP contribution in [0.3, 0.4) is 0 Å². The van der Waals surface area contributed by atoms with E-state index in [2.05, 4.69) is 26.6 Å². The van der Waals surface area contributed by atoms with Crippen molar-refractivity contribution in [2.75, 3.05) is 5.32 Å². The van der Waals surface area contributed by atoms with Gasteiger partial charge in [-0.05, 0) is 48.0 Å². The number of rotatable bonds is 5. The molecule has 0 spiro atoms. The second-order valence-electron chi connectivity index (χ2n) is 5.32. The van der Waals surface area contributed by atoms with Crippen LogP contribution in [0.15, 0.2) is 75.8 Å². The van der Waals surface area contributed by atoms with Crippen molar-refractivity contribution in [2.45, 2.75) is 6.54 Å². The average molecular weight is 399 g/mol. The fourth-order valence-corrected chi connectivity index (χ4v) is 2.62. The lowest BCUT2D eigenvalue weighted by Gasteiger charge is -2.07. The summed E-state index contributed by atoms with van der Waals surface area (Å²) >= 11 is 3.35. The molecule has 3 aromatic rings. The van der Waals surface area contributed by atoms with Crippen molar-refractivity contribution in [1.82, 2.24) is 5.32 Å². The molecule has 2 aromatic carbocycles. The lowest BCUT2D eigenvalue weighted by atomic mass is 10.2. The van der Waals surface area contributed by atoms with E-state index < -0.39 is 0 Å². The number of benzene rings is 2. The minimum atomic E-state index is -0.305. The summed E-state index contributed by atoms with van der Waals surface area (Å²) in [4.78, 5) is 24.0. The summed E-state index contributed by atoms with van der Waals surface area (Å²) in [7, 11) is 0. The van der Waals surface area contributed by atoms with Crippen LogP contribution in [0.25, 0.3) is 0 Å². The summed E-state index contributed by atoms with van der Waals surface area (Å²) in [6.45, 7) is 0.401. The monoisotopic (exact) mass is 398 g/mol. The van der Waals surface area contributed by atoms with Gasteiger partial charge < -0.3 is 15.1 Å². The molecule has 126 valence electrons. The van der Waals surface area contributed by atoms with Gasteiger partial charge in [-0.2, -0.15) is 0 Å². The molecule has 0 aliphatic carbocycles. The number of nitrogens with one attached hydrogen (secondary N) is 2. The van der Waals surface area contributed by atoms with Gasteiger partial charge in [-0.25, -0.2) is 0 Å². The van der Waals surface area contributed by atoms with Crippen LogP contribution >= 0.6 is 15.9 Å². The molecule has 3 rings (SSSR count). The van der Waals surface area contributed by atoms with Gasteiger partial charge in [-0.3, -0.25) is 9.59 Å². The predicted octanol–water partition coefficient (Wildman–Crippen LogP) is 4.22. The summed E-state index contributed by atoms with van der Waals surface area (Å²) in [6, 6.07) is 17.7. The Bertz CT molecular complexity index is 874. The van der Waals surface area contributed by atoms with Crippen LogP contribution in [-0.4, -0.2) is 11.8 Å². The molecular formula is C19H15BrN2O3. The third-order valence-corrected chi connectivity index (χ3v) is 3.99. The maximum atomic E-state index is 12.1. The number of carbonyl (C=O) groups is 2. The van der Waals surface area contributed by atoms with Crippen molar-refractivity contribution < 1.29 is 14.0 Å². The van der Waals surface area contributed by atoms with Crippen molar-refractivity contribution >= 4 is 33.4 Å². The number of halogens is 1. The molecule has 0 saturated heterocycles. The number of carbonyl (C=O) groups excluding carboxylic acids is 2. The van der Waals surface area contributed by atoms with E-state index in [0.29, 0.717) is 17.8 Å². The van der Waals surface area contributed by atoms with Crippen molar-refractivity contribution in [3.8, 4) is 0 Å². The fraction of sp³-hybridized carbons (Fsp3) is 0.0526. The normalized spacial score (nSPS) is 10.3. The number of hydrogen-bond acceptors (Lipinski definition) is 3. The highest BCUT2D eigenvalue weighted by Gasteiger charge is 2.09. The Morgan fingerprint density at radius 1 is 0.960 bits per heavy atom. The molecule has 1 heterocycles. The molecule has 6 heteroatoms. The Kier molecular flexibility index (Phi) is 5.30. The molecule has 0 fully saturated rings. The van der Waals surface area contributed by atoms with E-state index in [0.717, 1.165) is 10.0 Å². The number of amides is 2. The van der Waals surface area contributed by atoms with Gasteiger partial charge in [-0.15, -0.1) is 0 Å². The molecule has 25 heavy (non-hydrogen) atoms. The quantitative estimate of drug-likeness (QED) is 0.675. The van der Waals surface area contributed by atoms with Crippen LogP contribution in [0.2, 0.25) is 0 Å². The Balaban J connectivity index is 1.56. The zero-order valence-corrected chi connectivity index (χ0v) is 14.7. The maximum Gasteiger partial charge on any atom is 0.291 e. The van der Waals surface area contributed by atoms with Gasteiger partial charge in [0, 0.05) is 22.3 Å². The van der Waals surface area contributed by atoms with E-state index in [1.165, 1.54) is 6.26 Å². The number of anilines is 1. The van der Waals surface area contributed by atoms with E-state index in [1.807, 2.05) is 24.3 Å². The van der Waals surface area contributed by atoms with E-state index in [-0.39, 0.29) is 17.6 Å². The van der Waals surface area contributed by atoms with Crippen LogP contribution in [-0.2, 0) is 6.54 Å². The zero-order chi connectivity index (χ0) is 17.6. The molecule has 5 nitrogen and oxygen atoms in total. The first-order valence-corrected chi connectivity index (χ1v) is 8.39. The second-order valence-corrected chi connectivity index (χ2v) is 6.24. The third kappa shape index (κ3) is 4.58. The summed E-state index contributed by atoms with van der Waals surface area (Å²) < 4.78 is 5.90. The van der Waals surface area contributed by atoms with E-state index >= 15 is 0 Å². The Morgan fingerprint density at radius 2 is 1.76 bits per heavy atom. The highest BCUT2D eigenvalue weighted by Crippen LogP contribution is 2.13. The van der Waals surface area contributed by atoms with Gasteiger partial charge in [0.15, 0.2) is 5.76 Å². The molecule has 0 bridgehead atoms. The largest absolute Gasteiger partial charge is 0.459 e. The van der Waals surface area contributed by atoms with E-state index in [4.69, 9.17) is 4.42 Å². The van der Waals surface area contributed by atoms with Crippen LogP contribution in [0.5, 0.6) is 0 Å². The third-order valence-electron chi connectivity index (χ3n) is 3.50. The molecule has 0 aliphatic rings. The van der Waals surface area contributed by atoms with E-state index in [1.54, 1.807) is 36.4 Å². The molecular weight excluding hydrogens is 384 g/mol. The van der Waals surface area contributed by atoms with Gasteiger partial charge in [0.05, 0.1) is 6.26 Å². The Morgan fingerprint density at radius 3 is 2.44 bits per heavy atom. The second kappa shape index (κ2) is 7.81. The lowest BCUT2D eigenvalue weighted by Crippen LogP contribution is -2.22. The van der Waals surface area contributed by atoms with Crippen molar-refractivity contribution in [3.05, 3.63) is 88.3 Å². The minimum absolute atomic E-state index is 0.142. The molecule has 0 saturated carbocycles. The van der Waals surface area contributed by atoms with Crippen molar-refractivity contribution in [3.63, 3.8) is 0 Å². The smallest absolute Gasteiger partial charge is 0.291 e. The molecule has 0 radical (unpaired) electrons. The lowest BCUT2D eigenvalue weighted by molar-refractivity contribution is 0.0949. The SMILES string of the molecule is O=C(NCc1ccc(NC(=O)c2ccco2)cc1)c1cccc(Br)c1. The predicted molar refractivity (Wildman–Crippen MR) is 98.4 cm³/mol. The number of hydrogen-bond donors (Lipinski definition) is 2. The molecule has 0 aliphatic heterocycles. The van der Waals surface area contributed by atoms with Crippen molar-refractivity contribution in [1.29, 1.82) is 0 Å². The summed E-state index contributed by atoms with van der Waals surface area (Å²) in [5.74, 6) is -0.192. The summed E-state index contributed by atoms with van der Waals surface area (Å²) in [5.41, 5.74) is 2.18. The molecule has 2 amide bonds. The van der Waals surface area contributed by atoms with Gasteiger partial charge in [-0.1, -0.05) is 34.1 Å². The Hall–Kier alpha value is -2.86. The van der Waals surface area contributed by atoms with Gasteiger partial charge in [0.2, 0.25) is 0 Å².